The number of thiophene rings is 1. The molecule has 0 spiro atoms. The van der Waals surface area contributed by atoms with Gasteiger partial charge in [0.1, 0.15) is 5.82 Å². The molecule has 1 aromatic heterocycles. The molecule has 0 amide bonds. The summed E-state index contributed by atoms with van der Waals surface area (Å²) in [5.74, 6) is -0.262. The van der Waals surface area contributed by atoms with Crippen molar-refractivity contribution in [2.45, 2.75) is 6.04 Å². The van der Waals surface area contributed by atoms with Crippen molar-refractivity contribution in [3.63, 3.8) is 0 Å². The lowest BCUT2D eigenvalue weighted by Gasteiger charge is -2.16. The van der Waals surface area contributed by atoms with Crippen molar-refractivity contribution in [3.8, 4) is 0 Å². The van der Waals surface area contributed by atoms with Gasteiger partial charge in [-0.15, -0.1) is 11.3 Å². The van der Waals surface area contributed by atoms with E-state index in [-0.39, 0.29) is 11.9 Å². The van der Waals surface area contributed by atoms with Crippen molar-refractivity contribution in [2.75, 3.05) is 7.05 Å². The van der Waals surface area contributed by atoms with Gasteiger partial charge in [0.2, 0.25) is 0 Å². The van der Waals surface area contributed by atoms with Crippen LogP contribution in [0.4, 0.5) is 4.39 Å². The van der Waals surface area contributed by atoms with Gasteiger partial charge in [-0.3, -0.25) is 0 Å². The quantitative estimate of drug-likeness (QED) is 0.864. The van der Waals surface area contributed by atoms with E-state index < -0.39 is 0 Å². The number of hydrogen-bond donors (Lipinski definition) is 1. The van der Waals surface area contributed by atoms with Crippen LogP contribution in [-0.2, 0) is 0 Å². The molecule has 0 bridgehead atoms. The van der Waals surface area contributed by atoms with E-state index >= 15 is 0 Å². The molecule has 0 aliphatic rings. The highest BCUT2D eigenvalue weighted by Gasteiger charge is 2.17. The van der Waals surface area contributed by atoms with Crippen molar-refractivity contribution >= 4 is 38.9 Å². The predicted octanol–water partition coefficient (Wildman–Crippen LogP) is 4.61. The monoisotopic (exact) mass is 333 g/mol. The van der Waals surface area contributed by atoms with Gasteiger partial charge in [0, 0.05) is 9.35 Å². The Kier molecular flexibility index (Phi) is 4.20. The molecular weight excluding hydrogens is 325 g/mol. The minimum Gasteiger partial charge on any atom is -0.309 e. The third-order valence-corrected chi connectivity index (χ3v) is 4.30. The van der Waals surface area contributed by atoms with Crippen molar-refractivity contribution in [1.82, 2.24) is 5.32 Å². The molecule has 1 nitrogen and oxygen atoms in total. The van der Waals surface area contributed by atoms with E-state index in [2.05, 4.69) is 21.2 Å². The Morgan fingerprint density at radius 1 is 1.41 bits per heavy atom. The fraction of sp³-hybridized carbons (Fsp3) is 0.167. The molecule has 5 heteroatoms. The Labute approximate surface area is 117 Å². The molecular formula is C12H10BrClFNS. The number of benzene rings is 1. The molecule has 0 saturated carbocycles. The Hall–Kier alpha value is -0.420. The van der Waals surface area contributed by atoms with Crippen LogP contribution in [0.25, 0.3) is 0 Å². The summed E-state index contributed by atoms with van der Waals surface area (Å²) in [4.78, 5) is 0.992. The number of nitrogens with one attached hydrogen (secondary N) is 1. The molecule has 0 saturated heterocycles. The van der Waals surface area contributed by atoms with Gasteiger partial charge in [0.05, 0.1) is 11.1 Å². The highest BCUT2D eigenvalue weighted by molar-refractivity contribution is 9.10. The van der Waals surface area contributed by atoms with Crippen molar-refractivity contribution in [3.05, 3.63) is 55.4 Å². The topological polar surface area (TPSA) is 12.0 Å². The van der Waals surface area contributed by atoms with Gasteiger partial charge in [-0.25, -0.2) is 4.39 Å². The fourth-order valence-corrected chi connectivity index (χ4v) is 3.49. The van der Waals surface area contributed by atoms with E-state index in [9.17, 15) is 4.39 Å². The summed E-state index contributed by atoms with van der Waals surface area (Å²) in [5, 5.41) is 5.78. The lowest BCUT2D eigenvalue weighted by Crippen LogP contribution is -2.17. The van der Waals surface area contributed by atoms with Crippen LogP contribution in [0.15, 0.2) is 34.1 Å². The van der Waals surface area contributed by atoms with Crippen LogP contribution in [0.5, 0.6) is 0 Å². The standard InChI is InChI=1S/C12H10BrClFNS/c1-16-11(12-10(14)2-3-17-12)7-4-8(13)6-9(15)5-7/h2-6,11,16H,1H3. The second-order valence-electron chi connectivity index (χ2n) is 3.56. The van der Waals surface area contributed by atoms with Gasteiger partial charge >= 0.3 is 0 Å². The minimum atomic E-state index is -0.262. The second-order valence-corrected chi connectivity index (χ2v) is 5.83. The normalized spacial score (nSPS) is 12.7. The third-order valence-electron chi connectivity index (χ3n) is 2.41. The lowest BCUT2D eigenvalue weighted by molar-refractivity contribution is 0.617. The summed E-state index contributed by atoms with van der Waals surface area (Å²) < 4.78 is 14.1. The summed E-state index contributed by atoms with van der Waals surface area (Å²) in [6, 6.07) is 6.60. The van der Waals surface area contributed by atoms with Gasteiger partial charge in [-0.1, -0.05) is 27.5 Å². The van der Waals surface area contributed by atoms with Crippen molar-refractivity contribution < 1.29 is 4.39 Å². The van der Waals surface area contributed by atoms with Crippen molar-refractivity contribution in [1.29, 1.82) is 0 Å². The molecule has 0 aliphatic heterocycles. The predicted molar refractivity (Wildman–Crippen MR) is 74.3 cm³/mol. The smallest absolute Gasteiger partial charge is 0.124 e. The maximum atomic E-state index is 13.4. The van der Waals surface area contributed by atoms with E-state index in [1.54, 1.807) is 11.3 Å². The molecule has 1 heterocycles. The van der Waals surface area contributed by atoms with Gasteiger partial charge in [-0.2, -0.15) is 0 Å². The Balaban J connectivity index is 2.45. The van der Waals surface area contributed by atoms with E-state index in [0.29, 0.717) is 5.02 Å². The first-order chi connectivity index (χ1) is 8.11. The lowest BCUT2D eigenvalue weighted by atomic mass is 10.1. The van der Waals surface area contributed by atoms with Gasteiger partial charge < -0.3 is 5.32 Å². The molecule has 2 aromatic rings. The summed E-state index contributed by atoms with van der Waals surface area (Å²) >= 11 is 11.0. The molecule has 0 fully saturated rings. The summed E-state index contributed by atoms with van der Waals surface area (Å²) in [5.41, 5.74) is 0.851. The van der Waals surface area contributed by atoms with Crippen LogP contribution in [-0.4, -0.2) is 7.05 Å². The van der Waals surface area contributed by atoms with Crippen LogP contribution in [0, 0.1) is 5.82 Å². The Morgan fingerprint density at radius 3 is 2.71 bits per heavy atom. The summed E-state index contributed by atoms with van der Waals surface area (Å²) in [6.07, 6.45) is 0. The molecule has 17 heavy (non-hydrogen) atoms. The molecule has 0 radical (unpaired) electrons. The van der Waals surface area contributed by atoms with E-state index in [1.165, 1.54) is 12.1 Å². The zero-order chi connectivity index (χ0) is 12.4. The maximum absolute atomic E-state index is 13.4. The zero-order valence-corrected chi connectivity index (χ0v) is 12.2. The molecule has 1 unspecified atom stereocenters. The van der Waals surface area contributed by atoms with E-state index in [0.717, 1.165) is 14.9 Å². The molecule has 1 atom stereocenters. The maximum Gasteiger partial charge on any atom is 0.124 e. The summed E-state index contributed by atoms with van der Waals surface area (Å²) in [7, 11) is 1.83. The molecule has 1 aromatic carbocycles. The second kappa shape index (κ2) is 5.48. The van der Waals surface area contributed by atoms with Crippen LogP contribution < -0.4 is 5.32 Å². The first-order valence-electron chi connectivity index (χ1n) is 4.98. The number of rotatable bonds is 3. The Morgan fingerprint density at radius 2 is 2.18 bits per heavy atom. The van der Waals surface area contributed by atoms with Crippen molar-refractivity contribution in [2.24, 2.45) is 0 Å². The molecule has 1 N–H and O–H groups in total. The van der Waals surface area contributed by atoms with E-state index in [4.69, 9.17) is 11.6 Å². The first-order valence-corrected chi connectivity index (χ1v) is 7.03. The van der Waals surface area contributed by atoms with Crippen LogP contribution in [0.3, 0.4) is 0 Å². The number of hydrogen-bond acceptors (Lipinski definition) is 2. The number of halogens is 3. The van der Waals surface area contributed by atoms with Gasteiger partial charge in [0.15, 0.2) is 0 Å². The third kappa shape index (κ3) is 2.88. The zero-order valence-electron chi connectivity index (χ0n) is 9.01. The highest BCUT2D eigenvalue weighted by Crippen LogP contribution is 2.33. The largest absolute Gasteiger partial charge is 0.309 e. The van der Waals surface area contributed by atoms with Crippen LogP contribution >= 0.6 is 38.9 Å². The van der Waals surface area contributed by atoms with Gasteiger partial charge in [0.25, 0.3) is 0 Å². The minimum absolute atomic E-state index is 0.0884. The fourth-order valence-electron chi connectivity index (χ4n) is 1.70. The SMILES string of the molecule is CNC(c1cc(F)cc(Br)c1)c1sccc1Cl. The van der Waals surface area contributed by atoms with E-state index in [1.807, 2.05) is 24.6 Å². The van der Waals surface area contributed by atoms with Crippen LogP contribution in [0.1, 0.15) is 16.5 Å². The first kappa shape index (κ1) is 13.0. The van der Waals surface area contributed by atoms with Crippen LogP contribution in [0.2, 0.25) is 5.02 Å². The van der Waals surface area contributed by atoms with Gasteiger partial charge in [-0.05, 0) is 42.3 Å². The average Bonchev–Trinajstić information content (AvgIpc) is 2.65. The summed E-state index contributed by atoms with van der Waals surface area (Å²) in [6.45, 7) is 0. The molecule has 2 rings (SSSR count). The molecule has 0 aliphatic carbocycles. The Bertz CT molecular complexity index is 509. The highest BCUT2D eigenvalue weighted by atomic mass is 79.9. The average molecular weight is 335 g/mol. The molecule has 90 valence electrons.